The van der Waals surface area contributed by atoms with Crippen molar-refractivity contribution in [2.75, 3.05) is 20.8 Å². The van der Waals surface area contributed by atoms with Crippen LogP contribution in [0.2, 0.25) is 0 Å². The number of nitrogens with one attached hydrogen (secondary N) is 1. The topological polar surface area (TPSA) is 78.9 Å². The lowest BCUT2D eigenvalue weighted by atomic mass is 10.2. The quantitative estimate of drug-likeness (QED) is 0.700. The van der Waals surface area contributed by atoms with E-state index < -0.39 is 5.97 Å². The van der Waals surface area contributed by atoms with Gasteiger partial charge >= 0.3 is 12.0 Å². The molecule has 2 atom stereocenters. The van der Waals surface area contributed by atoms with Gasteiger partial charge in [0, 0.05) is 20.2 Å². The number of methoxy groups -OCH3 is 1. The van der Waals surface area contributed by atoms with Crippen LogP contribution in [0.15, 0.2) is 0 Å². The van der Waals surface area contributed by atoms with Gasteiger partial charge in [0.2, 0.25) is 0 Å². The van der Waals surface area contributed by atoms with Gasteiger partial charge in [-0.1, -0.05) is 0 Å². The summed E-state index contributed by atoms with van der Waals surface area (Å²) in [5.74, 6) is -0.930. The Morgan fingerprint density at radius 2 is 2.00 bits per heavy atom. The number of urea groups is 1. The first-order chi connectivity index (χ1) is 7.38. The van der Waals surface area contributed by atoms with E-state index in [2.05, 4.69) is 5.32 Å². The number of likely N-dealkylation sites (N-methyl/N-ethyl adjacent to an activating group) is 1. The van der Waals surface area contributed by atoms with E-state index in [9.17, 15) is 9.59 Å². The predicted octanol–water partition coefficient (Wildman–Crippen LogP) is 0.526. The third-order valence-corrected chi connectivity index (χ3v) is 2.24. The van der Waals surface area contributed by atoms with Gasteiger partial charge in [-0.15, -0.1) is 0 Å². The van der Waals surface area contributed by atoms with E-state index >= 15 is 0 Å². The molecule has 0 saturated carbocycles. The second-order valence-corrected chi connectivity index (χ2v) is 3.86. The molecule has 0 bridgehead atoms. The summed E-state index contributed by atoms with van der Waals surface area (Å²) in [6, 6.07) is -0.734. The maximum Gasteiger partial charge on any atom is 0.317 e. The van der Waals surface area contributed by atoms with Crippen molar-refractivity contribution >= 4 is 12.0 Å². The molecule has 0 aromatic heterocycles. The van der Waals surface area contributed by atoms with Crippen LogP contribution in [0.25, 0.3) is 0 Å². The number of amides is 2. The molecule has 0 aliphatic rings. The normalized spacial score (nSPS) is 14.0. The van der Waals surface area contributed by atoms with Crippen LogP contribution in [0.5, 0.6) is 0 Å². The van der Waals surface area contributed by atoms with Gasteiger partial charge in [-0.2, -0.15) is 0 Å². The van der Waals surface area contributed by atoms with E-state index in [0.717, 1.165) is 0 Å². The molecule has 0 spiro atoms. The first kappa shape index (κ1) is 14.7. The summed E-state index contributed by atoms with van der Waals surface area (Å²) in [5, 5.41) is 11.1. The standard InChI is InChI=1S/C10H20N2O4/c1-7(5-9(13)14)11-10(15)12(3)8(2)6-16-4/h7-8H,5-6H2,1-4H3,(H,11,15)(H,13,14). The third kappa shape index (κ3) is 5.55. The Morgan fingerprint density at radius 1 is 1.44 bits per heavy atom. The van der Waals surface area contributed by atoms with Gasteiger partial charge in [-0.3, -0.25) is 4.79 Å². The van der Waals surface area contributed by atoms with Gasteiger partial charge in [-0.05, 0) is 13.8 Å². The van der Waals surface area contributed by atoms with Crippen LogP contribution in [0, 0.1) is 0 Å². The van der Waals surface area contributed by atoms with Crippen LogP contribution < -0.4 is 5.32 Å². The lowest BCUT2D eigenvalue weighted by Crippen LogP contribution is -2.47. The highest BCUT2D eigenvalue weighted by molar-refractivity contribution is 5.75. The number of carboxylic acid groups (broad SMARTS) is 1. The number of hydrogen-bond donors (Lipinski definition) is 2. The Morgan fingerprint density at radius 3 is 2.44 bits per heavy atom. The average molecular weight is 232 g/mol. The molecule has 0 aromatic rings. The van der Waals surface area contributed by atoms with E-state index in [4.69, 9.17) is 9.84 Å². The molecule has 94 valence electrons. The lowest BCUT2D eigenvalue weighted by molar-refractivity contribution is -0.137. The van der Waals surface area contributed by atoms with Gasteiger partial charge in [0.1, 0.15) is 0 Å². The van der Waals surface area contributed by atoms with E-state index in [-0.39, 0.29) is 24.5 Å². The van der Waals surface area contributed by atoms with Gasteiger partial charge in [0.15, 0.2) is 0 Å². The Labute approximate surface area is 95.6 Å². The van der Waals surface area contributed by atoms with Crippen molar-refractivity contribution in [1.82, 2.24) is 10.2 Å². The van der Waals surface area contributed by atoms with E-state index in [1.165, 1.54) is 4.90 Å². The number of rotatable bonds is 6. The number of ether oxygens (including phenoxy) is 1. The summed E-state index contributed by atoms with van der Waals surface area (Å²) in [7, 11) is 3.21. The summed E-state index contributed by atoms with van der Waals surface area (Å²) < 4.78 is 4.93. The maximum absolute atomic E-state index is 11.6. The molecule has 0 heterocycles. The van der Waals surface area contributed by atoms with Crippen molar-refractivity contribution in [2.24, 2.45) is 0 Å². The van der Waals surface area contributed by atoms with Gasteiger partial charge in [0.25, 0.3) is 0 Å². The van der Waals surface area contributed by atoms with E-state index in [1.54, 1.807) is 21.1 Å². The fourth-order valence-corrected chi connectivity index (χ4v) is 1.18. The van der Waals surface area contributed by atoms with Crippen molar-refractivity contribution in [2.45, 2.75) is 32.4 Å². The fraction of sp³-hybridized carbons (Fsp3) is 0.800. The fourth-order valence-electron chi connectivity index (χ4n) is 1.18. The number of hydrogen-bond acceptors (Lipinski definition) is 3. The molecule has 16 heavy (non-hydrogen) atoms. The van der Waals surface area contributed by atoms with Crippen LogP contribution in [-0.2, 0) is 9.53 Å². The summed E-state index contributed by atoms with van der Waals surface area (Å²) in [6.07, 6.45) is -0.0851. The number of carbonyl (C=O) groups excluding carboxylic acids is 1. The largest absolute Gasteiger partial charge is 0.481 e. The molecule has 2 amide bonds. The summed E-state index contributed by atoms with van der Waals surface area (Å²) in [4.78, 5) is 23.5. The molecular weight excluding hydrogens is 212 g/mol. The van der Waals surface area contributed by atoms with Crippen LogP contribution >= 0.6 is 0 Å². The Kier molecular flexibility index (Phi) is 6.48. The van der Waals surface area contributed by atoms with Crippen LogP contribution in [-0.4, -0.2) is 54.9 Å². The molecule has 0 rings (SSSR count). The first-order valence-corrected chi connectivity index (χ1v) is 5.12. The molecule has 6 heteroatoms. The lowest BCUT2D eigenvalue weighted by Gasteiger charge is -2.26. The predicted molar refractivity (Wildman–Crippen MR) is 59.3 cm³/mol. The minimum atomic E-state index is -0.930. The molecule has 6 nitrogen and oxygen atoms in total. The number of carboxylic acids is 1. The Balaban J connectivity index is 4.08. The minimum Gasteiger partial charge on any atom is -0.481 e. The van der Waals surface area contributed by atoms with Gasteiger partial charge in [0.05, 0.1) is 19.1 Å². The van der Waals surface area contributed by atoms with Gasteiger partial charge < -0.3 is 20.1 Å². The van der Waals surface area contributed by atoms with Crippen molar-refractivity contribution in [3.8, 4) is 0 Å². The zero-order valence-electron chi connectivity index (χ0n) is 10.2. The van der Waals surface area contributed by atoms with E-state index in [0.29, 0.717) is 6.61 Å². The second-order valence-electron chi connectivity index (χ2n) is 3.86. The molecule has 0 aliphatic heterocycles. The number of nitrogens with zero attached hydrogens (tertiary/aromatic N) is 1. The zero-order valence-corrected chi connectivity index (χ0v) is 10.2. The molecule has 0 saturated heterocycles. The van der Waals surface area contributed by atoms with Crippen LogP contribution in [0.3, 0.4) is 0 Å². The molecule has 0 fully saturated rings. The highest BCUT2D eigenvalue weighted by Gasteiger charge is 2.18. The number of aliphatic carboxylic acids is 1. The number of carbonyl (C=O) groups is 2. The highest BCUT2D eigenvalue weighted by Crippen LogP contribution is 1.98. The molecule has 2 N–H and O–H groups in total. The van der Waals surface area contributed by atoms with E-state index in [1.807, 2.05) is 6.92 Å². The summed E-state index contributed by atoms with van der Waals surface area (Å²) in [6.45, 7) is 3.95. The Bertz CT molecular complexity index is 245. The highest BCUT2D eigenvalue weighted by atomic mass is 16.5. The monoisotopic (exact) mass is 232 g/mol. The molecule has 2 unspecified atom stereocenters. The first-order valence-electron chi connectivity index (χ1n) is 5.12. The molecule has 0 aromatic carbocycles. The van der Waals surface area contributed by atoms with Gasteiger partial charge in [-0.25, -0.2) is 4.79 Å². The molecule has 0 radical (unpaired) electrons. The zero-order chi connectivity index (χ0) is 12.7. The summed E-state index contributed by atoms with van der Waals surface area (Å²) in [5.41, 5.74) is 0. The summed E-state index contributed by atoms with van der Waals surface area (Å²) >= 11 is 0. The van der Waals surface area contributed by atoms with Crippen molar-refractivity contribution in [3.05, 3.63) is 0 Å². The Hall–Kier alpha value is -1.30. The van der Waals surface area contributed by atoms with Crippen LogP contribution in [0.4, 0.5) is 4.79 Å². The minimum absolute atomic E-state index is 0.0537. The third-order valence-electron chi connectivity index (χ3n) is 2.24. The van der Waals surface area contributed by atoms with Crippen molar-refractivity contribution in [1.29, 1.82) is 0 Å². The molecular formula is C10H20N2O4. The SMILES string of the molecule is COCC(C)N(C)C(=O)NC(C)CC(=O)O. The smallest absolute Gasteiger partial charge is 0.317 e. The molecule has 0 aliphatic carbocycles. The van der Waals surface area contributed by atoms with Crippen molar-refractivity contribution < 1.29 is 19.4 Å². The maximum atomic E-state index is 11.6. The van der Waals surface area contributed by atoms with Crippen molar-refractivity contribution in [3.63, 3.8) is 0 Å². The second kappa shape index (κ2) is 7.05. The van der Waals surface area contributed by atoms with Crippen LogP contribution in [0.1, 0.15) is 20.3 Å². The average Bonchev–Trinajstić information content (AvgIpc) is 2.15.